The van der Waals surface area contributed by atoms with Crippen LogP contribution < -0.4 is 0 Å². The van der Waals surface area contributed by atoms with Crippen molar-refractivity contribution in [2.45, 2.75) is 5.66 Å². The molecule has 0 N–H and O–H groups in total. The number of halogens is 2. The summed E-state index contributed by atoms with van der Waals surface area (Å²) in [6.07, 6.45) is 0. The van der Waals surface area contributed by atoms with Crippen molar-refractivity contribution < 1.29 is 0 Å². The third-order valence-electron chi connectivity index (χ3n) is 6.35. The Balaban J connectivity index is 1.69. The molecule has 164 valence electrons. The molecule has 1 aliphatic heterocycles. The van der Waals surface area contributed by atoms with Crippen molar-refractivity contribution in [2.75, 3.05) is 0 Å². The summed E-state index contributed by atoms with van der Waals surface area (Å²) in [5.74, 6) is 0. The van der Waals surface area contributed by atoms with Crippen LogP contribution >= 0.6 is 31.9 Å². The van der Waals surface area contributed by atoms with Gasteiger partial charge in [-0.15, -0.1) is 0 Å². The van der Waals surface area contributed by atoms with Gasteiger partial charge in [-0.3, -0.25) is 0 Å². The lowest BCUT2D eigenvalue weighted by molar-refractivity contribution is 0.605. The molecule has 6 rings (SSSR count). The fourth-order valence-electron chi connectivity index (χ4n) is 4.73. The second kappa shape index (κ2) is 8.13. The first kappa shape index (κ1) is 21.7. The Morgan fingerprint density at radius 3 is 1.34 bits per heavy atom. The molecule has 4 nitrogen and oxygen atoms in total. The van der Waals surface area contributed by atoms with Crippen LogP contribution in [0.15, 0.2) is 104 Å². The highest BCUT2D eigenvalue weighted by Gasteiger charge is 2.48. The van der Waals surface area contributed by atoms with Gasteiger partial charge in [0.2, 0.25) is 5.66 Å². The van der Waals surface area contributed by atoms with Crippen LogP contribution in [0.3, 0.4) is 0 Å². The minimum atomic E-state index is -1.07. The van der Waals surface area contributed by atoms with Crippen molar-refractivity contribution in [1.29, 1.82) is 10.5 Å². The molecule has 0 bridgehead atoms. The van der Waals surface area contributed by atoms with E-state index in [9.17, 15) is 10.5 Å². The van der Waals surface area contributed by atoms with Crippen molar-refractivity contribution in [2.24, 2.45) is 9.98 Å². The standard InChI is InChI=1S/C29H14Br2N4/c30-21-7-3-19(4-8-21)27-28(20-5-9-22(31)10-6-20)35-29(34-27)25-13-17(15-32)1-11-23(25)24-12-2-18(16-33)14-26(24)29/h1-14H. The minimum Gasteiger partial charge on any atom is -0.243 e. The van der Waals surface area contributed by atoms with Crippen LogP contribution in [0.5, 0.6) is 0 Å². The van der Waals surface area contributed by atoms with Gasteiger partial charge in [-0.2, -0.15) is 10.5 Å². The Morgan fingerprint density at radius 1 is 0.571 bits per heavy atom. The van der Waals surface area contributed by atoms with Gasteiger partial charge in [0.05, 0.1) is 34.7 Å². The largest absolute Gasteiger partial charge is 0.243 e. The second-order valence-electron chi connectivity index (χ2n) is 8.35. The molecule has 0 amide bonds. The van der Waals surface area contributed by atoms with Gasteiger partial charge in [-0.25, -0.2) is 9.98 Å². The van der Waals surface area contributed by atoms with Crippen LogP contribution in [0.25, 0.3) is 11.1 Å². The molecule has 2 aliphatic rings. The highest BCUT2D eigenvalue weighted by molar-refractivity contribution is 9.10. The summed E-state index contributed by atoms with van der Waals surface area (Å²) in [6.45, 7) is 0. The van der Waals surface area contributed by atoms with Gasteiger partial charge in [-0.1, -0.05) is 68.3 Å². The number of hydrogen-bond donors (Lipinski definition) is 0. The maximum Gasteiger partial charge on any atom is 0.204 e. The molecule has 0 saturated heterocycles. The summed E-state index contributed by atoms with van der Waals surface area (Å²) in [4.78, 5) is 10.6. The number of nitriles is 2. The molecule has 0 aromatic heterocycles. The number of benzene rings is 4. The first-order valence-corrected chi connectivity index (χ1v) is 12.4. The zero-order valence-corrected chi connectivity index (χ0v) is 21.3. The molecule has 0 fully saturated rings. The van der Waals surface area contributed by atoms with Gasteiger partial charge in [0, 0.05) is 31.2 Å². The predicted molar refractivity (Wildman–Crippen MR) is 143 cm³/mol. The van der Waals surface area contributed by atoms with Gasteiger partial charge in [0.25, 0.3) is 0 Å². The Bertz CT molecular complexity index is 1540. The Hall–Kier alpha value is -3.84. The van der Waals surface area contributed by atoms with Crippen molar-refractivity contribution in [3.8, 4) is 23.3 Å². The van der Waals surface area contributed by atoms with Crippen molar-refractivity contribution in [1.82, 2.24) is 0 Å². The molecular formula is C29H14Br2N4. The number of fused-ring (bicyclic) bond motifs is 5. The molecule has 35 heavy (non-hydrogen) atoms. The smallest absolute Gasteiger partial charge is 0.204 e. The summed E-state index contributed by atoms with van der Waals surface area (Å²) in [5.41, 5.74) is 7.08. The van der Waals surface area contributed by atoms with Crippen molar-refractivity contribution in [3.05, 3.63) is 127 Å². The molecule has 6 heteroatoms. The second-order valence-corrected chi connectivity index (χ2v) is 10.2. The van der Waals surface area contributed by atoms with E-state index in [0.29, 0.717) is 11.1 Å². The summed E-state index contributed by atoms with van der Waals surface area (Å²) in [7, 11) is 0. The van der Waals surface area contributed by atoms with E-state index in [1.54, 1.807) is 0 Å². The first-order chi connectivity index (χ1) is 17.0. The van der Waals surface area contributed by atoms with Crippen LogP contribution in [0.2, 0.25) is 0 Å². The van der Waals surface area contributed by atoms with Gasteiger partial charge in [-0.05, 0) is 59.7 Å². The summed E-state index contributed by atoms with van der Waals surface area (Å²) in [6, 6.07) is 31.8. The Kier molecular flexibility index (Phi) is 5.04. The van der Waals surface area contributed by atoms with E-state index in [1.165, 1.54) is 0 Å². The van der Waals surface area contributed by atoms with Gasteiger partial charge in [0.15, 0.2) is 0 Å². The summed E-state index contributed by atoms with van der Waals surface area (Å²) >= 11 is 7.04. The normalized spacial score (nSPS) is 14.5. The average Bonchev–Trinajstić information content (AvgIpc) is 3.41. The minimum absolute atomic E-state index is 0.545. The molecule has 4 aromatic carbocycles. The fourth-order valence-corrected chi connectivity index (χ4v) is 5.26. The maximum atomic E-state index is 9.64. The van der Waals surface area contributed by atoms with Crippen LogP contribution in [0, 0.1) is 22.7 Å². The van der Waals surface area contributed by atoms with E-state index in [1.807, 2.05) is 84.9 Å². The third-order valence-corrected chi connectivity index (χ3v) is 7.40. The summed E-state index contributed by atoms with van der Waals surface area (Å²) in [5, 5.41) is 19.3. The Labute approximate surface area is 219 Å². The number of rotatable bonds is 2. The first-order valence-electron chi connectivity index (χ1n) is 10.8. The third kappa shape index (κ3) is 3.38. The van der Waals surface area contributed by atoms with Gasteiger partial charge < -0.3 is 0 Å². The summed E-state index contributed by atoms with van der Waals surface area (Å²) < 4.78 is 1.95. The molecular weight excluding hydrogens is 564 g/mol. The highest BCUT2D eigenvalue weighted by Crippen LogP contribution is 2.53. The van der Waals surface area contributed by atoms with Crippen LogP contribution in [0.1, 0.15) is 33.4 Å². The molecule has 0 atom stereocenters. The number of nitrogens with zero attached hydrogens (tertiary/aromatic N) is 4. The zero-order valence-electron chi connectivity index (χ0n) is 18.1. The molecule has 0 saturated carbocycles. The average molecular weight is 578 g/mol. The topological polar surface area (TPSA) is 72.3 Å². The lowest BCUT2D eigenvalue weighted by Crippen LogP contribution is -2.18. The molecule has 4 aromatic rings. The van der Waals surface area contributed by atoms with Crippen molar-refractivity contribution >= 4 is 43.3 Å². The van der Waals surface area contributed by atoms with E-state index < -0.39 is 5.66 Å². The maximum absolute atomic E-state index is 9.64. The lowest BCUT2D eigenvalue weighted by atomic mass is 9.96. The van der Waals surface area contributed by atoms with Crippen LogP contribution in [-0.2, 0) is 5.66 Å². The molecule has 0 radical (unpaired) electrons. The predicted octanol–water partition coefficient (Wildman–Crippen LogP) is 7.13. The van der Waals surface area contributed by atoms with Gasteiger partial charge >= 0.3 is 0 Å². The lowest BCUT2D eigenvalue weighted by Gasteiger charge is -2.20. The van der Waals surface area contributed by atoms with E-state index in [4.69, 9.17) is 9.98 Å². The van der Waals surface area contributed by atoms with E-state index in [2.05, 4.69) is 44.0 Å². The van der Waals surface area contributed by atoms with Crippen molar-refractivity contribution in [3.63, 3.8) is 0 Å². The molecule has 1 aliphatic carbocycles. The molecule has 1 spiro atoms. The van der Waals surface area contributed by atoms with E-state index in [0.717, 1.165) is 53.7 Å². The highest BCUT2D eigenvalue weighted by atomic mass is 79.9. The zero-order chi connectivity index (χ0) is 24.2. The van der Waals surface area contributed by atoms with E-state index >= 15 is 0 Å². The monoisotopic (exact) mass is 576 g/mol. The van der Waals surface area contributed by atoms with Crippen LogP contribution in [-0.4, -0.2) is 11.4 Å². The molecule has 1 heterocycles. The fraction of sp³-hybridized carbons (Fsp3) is 0.0345. The van der Waals surface area contributed by atoms with Gasteiger partial charge in [0.1, 0.15) is 0 Å². The quantitative estimate of drug-likeness (QED) is 0.254. The van der Waals surface area contributed by atoms with E-state index in [-0.39, 0.29) is 0 Å². The van der Waals surface area contributed by atoms with Crippen LogP contribution in [0.4, 0.5) is 0 Å². The SMILES string of the molecule is N#Cc1ccc2c(c1)C1(N=C(c3ccc(Br)cc3)C(c3ccc(Br)cc3)=N1)c1cc(C#N)ccc1-2. The number of hydrogen-bond acceptors (Lipinski definition) is 4. The Morgan fingerprint density at radius 2 is 0.971 bits per heavy atom. The number of aliphatic imine (C=N–C) groups is 2. The molecule has 0 unspecified atom stereocenters.